The first-order chi connectivity index (χ1) is 10.1. The number of halogens is 2. The molecule has 2 aromatic carbocycles. The Kier molecular flexibility index (Phi) is 5.68. The van der Waals surface area contributed by atoms with E-state index in [0.29, 0.717) is 10.8 Å². The average Bonchev–Trinajstić information content (AvgIpc) is 2.45. The summed E-state index contributed by atoms with van der Waals surface area (Å²) in [6.45, 7) is 5.10. The van der Waals surface area contributed by atoms with E-state index >= 15 is 0 Å². The van der Waals surface area contributed by atoms with Crippen LogP contribution < -0.4 is 10.1 Å². The highest BCUT2D eigenvalue weighted by atomic mass is 79.9. The maximum absolute atomic E-state index is 6.27. The lowest BCUT2D eigenvalue weighted by molar-refractivity contribution is 0.414. The van der Waals surface area contributed by atoms with Crippen molar-refractivity contribution < 1.29 is 4.74 Å². The largest absolute Gasteiger partial charge is 0.495 e. The summed E-state index contributed by atoms with van der Waals surface area (Å²) < 4.78 is 6.32. The predicted octanol–water partition coefficient (Wildman–Crippen LogP) is 5.12. The third kappa shape index (κ3) is 3.79. The van der Waals surface area contributed by atoms with Crippen LogP contribution in [0.1, 0.15) is 29.7 Å². The fourth-order valence-corrected chi connectivity index (χ4v) is 3.18. The fraction of sp³-hybridized carbons (Fsp3) is 0.294. The summed E-state index contributed by atoms with van der Waals surface area (Å²) in [7, 11) is 1.63. The first-order valence-electron chi connectivity index (χ1n) is 6.89. The Morgan fingerprint density at radius 1 is 1.24 bits per heavy atom. The number of nitrogens with one attached hydrogen (secondary N) is 1. The van der Waals surface area contributed by atoms with Gasteiger partial charge in [-0.3, -0.25) is 0 Å². The minimum absolute atomic E-state index is 0.117. The average molecular weight is 369 g/mol. The van der Waals surface area contributed by atoms with Gasteiger partial charge in [0.15, 0.2) is 0 Å². The van der Waals surface area contributed by atoms with Crippen molar-refractivity contribution in [3.05, 3.63) is 62.6 Å². The lowest BCUT2D eigenvalue weighted by Crippen LogP contribution is -2.22. The van der Waals surface area contributed by atoms with Crippen LogP contribution in [0.5, 0.6) is 5.75 Å². The summed E-state index contributed by atoms with van der Waals surface area (Å²) >= 11 is 9.78. The van der Waals surface area contributed by atoms with Gasteiger partial charge in [-0.05, 0) is 54.4 Å². The van der Waals surface area contributed by atoms with Crippen molar-refractivity contribution >= 4 is 27.5 Å². The fourth-order valence-electron chi connectivity index (χ4n) is 2.44. The first-order valence-corrected chi connectivity index (χ1v) is 8.06. The molecule has 4 heteroatoms. The highest BCUT2D eigenvalue weighted by Crippen LogP contribution is 2.32. The Balaban J connectivity index is 2.45. The molecule has 0 saturated carbocycles. The molecule has 2 rings (SSSR count). The Morgan fingerprint density at radius 3 is 2.57 bits per heavy atom. The zero-order chi connectivity index (χ0) is 15.4. The molecule has 1 unspecified atom stereocenters. The molecule has 0 aromatic heterocycles. The lowest BCUT2D eigenvalue weighted by Gasteiger charge is -2.22. The van der Waals surface area contributed by atoms with Crippen molar-refractivity contribution in [2.24, 2.45) is 0 Å². The number of hydrogen-bond acceptors (Lipinski definition) is 2. The van der Waals surface area contributed by atoms with Gasteiger partial charge in [0.05, 0.1) is 18.2 Å². The van der Waals surface area contributed by atoms with Crippen molar-refractivity contribution in [2.75, 3.05) is 13.7 Å². The molecule has 0 heterocycles. The molecule has 0 aliphatic carbocycles. The minimum Gasteiger partial charge on any atom is -0.495 e. The van der Waals surface area contributed by atoms with Crippen LogP contribution in [0.2, 0.25) is 5.02 Å². The van der Waals surface area contributed by atoms with E-state index in [9.17, 15) is 0 Å². The van der Waals surface area contributed by atoms with E-state index in [1.165, 1.54) is 11.1 Å². The van der Waals surface area contributed by atoms with Gasteiger partial charge in [-0.25, -0.2) is 0 Å². The van der Waals surface area contributed by atoms with E-state index in [2.05, 4.69) is 59.4 Å². The highest BCUT2D eigenvalue weighted by Gasteiger charge is 2.16. The Hall–Kier alpha value is -1.03. The van der Waals surface area contributed by atoms with E-state index in [0.717, 1.165) is 16.6 Å². The summed E-state index contributed by atoms with van der Waals surface area (Å²) in [5, 5.41) is 4.16. The van der Waals surface area contributed by atoms with Gasteiger partial charge in [0.1, 0.15) is 5.75 Å². The summed E-state index contributed by atoms with van der Waals surface area (Å²) in [4.78, 5) is 0. The molecule has 0 fully saturated rings. The predicted molar refractivity (Wildman–Crippen MR) is 92.4 cm³/mol. The van der Waals surface area contributed by atoms with Crippen LogP contribution in [0.4, 0.5) is 0 Å². The van der Waals surface area contributed by atoms with Crippen LogP contribution >= 0.6 is 27.5 Å². The van der Waals surface area contributed by atoms with Crippen molar-refractivity contribution in [3.63, 3.8) is 0 Å². The molecular formula is C17H19BrClNO. The summed E-state index contributed by atoms with van der Waals surface area (Å²) in [6.07, 6.45) is 0. The van der Waals surface area contributed by atoms with Gasteiger partial charge in [0, 0.05) is 4.47 Å². The van der Waals surface area contributed by atoms with Gasteiger partial charge >= 0.3 is 0 Å². The smallest absolute Gasteiger partial charge is 0.137 e. The second kappa shape index (κ2) is 7.30. The number of rotatable bonds is 5. The van der Waals surface area contributed by atoms with Crippen LogP contribution in [-0.2, 0) is 0 Å². The molecule has 0 saturated heterocycles. The maximum Gasteiger partial charge on any atom is 0.137 e. The summed E-state index contributed by atoms with van der Waals surface area (Å²) in [5.41, 5.74) is 3.62. The first kappa shape index (κ1) is 16.3. The third-order valence-corrected chi connectivity index (χ3v) is 4.25. The van der Waals surface area contributed by atoms with E-state index in [1.807, 2.05) is 12.1 Å². The molecule has 2 nitrogen and oxygen atoms in total. The number of ether oxygens (including phenoxy) is 1. The van der Waals surface area contributed by atoms with Crippen molar-refractivity contribution in [1.82, 2.24) is 5.32 Å². The quantitative estimate of drug-likeness (QED) is 0.791. The molecule has 0 aliphatic heterocycles. The molecule has 1 N–H and O–H groups in total. The van der Waals surface area contributed by atoms with Gasteiger partial charge in [-0.2, -0.15) is 0 Å². The number of benzene rings is 2. The van der Waals surface area contributed by atoms with Gasteiger partial charge in [0.2, 0.25) is 0 Å². The van der Waals surface area contributed by atoms with Crippen molar-refractivity contribution in [2.45, 2.75) is 19.9 Å². The normalized spacial score (nSPS) is 12.2. The van der Waals surface area contributed by atoms with Crippen LogP contribution in [0.25, 0.3) is 0 Å². The van der Waals surface area contributed by atoms with Gasteiger partial charge in [-0.1, -0.05) is 46.6 Å². The van der Waals surface area contributed by atoms with Crippen LogP contribution in [-0.4, -0.2) is 13.7 Å². The molecule has 2 aromatic rings. The third-order valence-electron chi connectivity index (χ3n) is 3.46. The second-order valence-electron chi connectivity index (χ2n) is 4.89. The zero-order valence-electron chi connectivity index (χ0n) is 12.4. The molecule has 0 bridgehead atoms. The van der Waals surface area contributed by atoms with Crippen molar-refractivity contribution in [1.29, 1.82) is 0 Å². The summed E-state index contributed by atoms with van der Waals surface area (Å²) in [5.74, 6) is 0.697. The van der Waals surface area contributed by atoms with E-state index in [4.69, 9.17) is 16.3 Å². The lowest BCUT2D eigenvalue weighted by atomic mass is 9.95. The molecule has 1 atom stereocenters. The Bertz CT molecular complexity index is 630. The number of hydrogen-bond donors (Lipinski definition) is 1. The molecule has 0 amide bonds. The summed E-state index contributed by atoms with van der Waals surface area (Å²) in [6, 6.07) is 12.4. The minimum atomic E-state index is 0.117. The van der Waals surface area contributed by atoms with E-state index < -0.39 is 0 Å². The van der Waals surface area contributed by atoms with E-state index in [1.54, 1.807) is 7.11 Å². The van der Waals surface area contributed by atoms with Crippen LogP contribution in [0.3, 0.4) is 0 Å². The van der Waals surface area contributed by atoms with Gasteiger partial charge in [0.25, 0.3) is 0 Å². The molecule has 0 aliphatic rings. The van der Waals surface area contributed by atoms with Crippen LogP contribution in [0, 0.1) is 6.92 Å². The van der Waals surface area contributed by atoms with Crippen molar-refractivity contribution in [3.8, 4) is 5.75 Å². The molecule has 112 valence electrons. The highest BCUT2D eigenvalue weighted by molar-refractivity contribution is 9.10. The molecule has 0 spiro atoms. The standard InChI is InChI=1S/C17H19BrClNO/c1-4-20-17(14-7-6-13(18)9-11(14)2)12-5-8-16(21-3)15(19)10-12/h5-10,17,20H,4H2,1-3H3. The van der Waals surface area contributed by atoms with Gasteiger partial charge in [-0.15, -0.1) is 0 Å². The monoisotopic (exact) mass is 367 g/mol. The number of aryl methyl sites for hydroxylation is 1. The Labute approximate surface area is 139 Å². The Morgan fingerprint density at radius 2 is 2.00 bits per heavy atom. The molecule has 0 radical (unpaired) electrons. The van der Waals surface area contributed by atoms with Crippen LogP contribution in [0.15, 0.2) is 40.9 Å². The molecule has 21 heavy (non-hydrogen) atoms. The zero-order valence-corrected chi connectivity index (χ0v) is 14.8. The van der Waals surface area contributed by atoms with E-state index in [-0.39, 0.29) is 6.04 Å². The topological polar surface area (TPSA) is 21.3 Å². The van der Waals surface area contributed by atoms with Gasteiger partial charge < -0.3 is 10.1 Å². The molecular weight excluding hydrogens is 350 g/mol. The number of methoxy groups -OCH3 is 1. The maximum atomic E-state index is 6.27. The SMILES string of the molecule is CCNC(c1ccc(OC)c(Cl)c1)c1ccc(Br)cc1C. The second-order valence-corrected chi connectivity index (χ2v) is 6.21.